The largest absolute Gasteiger partial charge is 0.481 e. The van der Waals surface area contributed by atoms with Gasteiger partial charge in [-0.3, -0.25) is 4.79 Å². The lowest BCUT2D eigenvalue weighted by Gasteiger charge is -2.33. The SMILES string of the molecule is C=CC(C(=O)O)C1CCC(CCC2CCC(CCc3ccc(C#N)cc3)CC2)CC1. The molecular formula is C27H37NO2. The van der Waals surface area contributed by atoms with Crippen molar-refractivity contribution >= 4 is 5.97 Å². The molecule has 2 saturated carbocycles. The van der Waals surface area contributed by atoms with Crippen molar-refractivity contribution in [3.8, 4) is 6.07 Å². The molecule has 2 aliphatic carbocycles. The van der Waals surface area contributed by atoms with E-state index in [-0.39, 0.29) is 5.92 Å². The summed E-state index contributed by atoms with van der Waals surface area (Å²) in [5.41, 5.74) is 2.10. The zero-order valence-corrected chi connectivity index (χ0v) is 18.3. The third-order valence-corrected chi connectivity index (χ3v) is 7.81. The van der Waals surface area contributed by atoms with Crippen molar-refractivity contribution in [2.75, 3.05) is 0 Å². The van der Waals surface area contributed by atoms with E-state index in [4.69, 9.17) is 5.26 Å². The topological polar surface area (TPSA) is 61.1 Å². The summed E-state index contributed by atoms with van der Waals surface area (Å²) in [6.45, 7) is 3.72. The molecule has 0 aromatic heterocycles. The number of aliphatic carboxylic acids is 1. The zero-order valence-electron chi connectivity index (χ0n) is 18.3. The number of rotatable bonds is 9. The Morgan fingerprint density at radius 2 is 1.47 bits per heavy atom. The Labute approximate surface area is 182 Å². The molecule has 0 spiro atoms. The number of hydrogen-bond acceptors (Lipinski definition) is 2. The standard InChI is InChI=1S/C27H37NO2/c1-2-26(27(29)30)25-17-15-23(16-18-25)10-9-21-5-3-20(4-6-21)7-8-22-11-13-24(19-28)14-12-22/h2,11-14,20-21,23,25-26H,1,3-10,15-18H2,(H,29,30). The van der Waals surface area contributed by atoms with Gasteiger partial charge in [0.15, 0.2) is 0 Å². The fourth-order valence-corrected chi connectivity index (χ4v) is 5.73. The number of nitrogens with zero attached hydrogens (tertiary/aromatic N) is 1. The van der Waals surface area contributed by atoms with Crippen LogP contribution >= 0.6 is 0 Å². The van der Waals surface area contributed by atoms with E-state index < -0.39 is 5.97 Å². The van der Waals surface area contributed by atoms with E-state index in [1.54, 1.807) is 6.08 Å². The van der Waals surface area contributed by atoms with Crippen molar-refractivity contribution < 1.29 is 9.90 Å². The van der Waals surface area contributed by atoms with Crippen LogP contribution in [0.2, 0.25) is 0 Å². The summed E-state index contributed by atoms with van der Waals surface area (Å²) in [4.78, 5) is 11.3. The van der Waals surface area contributed by atoms with Crippen LogP contribution in [-0.2, 0) is 11.2 Å². The van der Waals surface area contributed by atoms with Gasteiger partial charge in [-0.25, -0.2) is 0 Å². The summed E-state index contributed by atoms with van der Waals surface area (Å²) < 4.78 is 0. The highest BCUT2D eigenvalue weighted by molar-refractivity contribution is 5.72. The first-order chi connectivity index (χ1) is 14.6. The summed E-state index contributed by atoms with van der Waals surface area (Å²) in [5, 5.41) is 18.2. The van der Waals surface area contributed by atoms with E-state index in [0.29, 0.717) is 5.92 Å². The summed E-state index contributed by atoms with van der Waals surface area (Å²) in [7, 11) is 0. The first kappa shape index (κ1) is 22.6. The maximum Gasteiger partial charge on any atom is 0.310 e. The Hall–Kier alpha value is -2.08. The van der Waals surface area contributed by atoms with E-state index in [9.17, 15) is 9.90 Å². The highest BCUT2D eigenvalue weighted by Gasteiger charge is 2.30. The van der Waals surface area contributed by atoms with Crippen molar-refractivity contribution in [1.82, 2.24) is 0 Å². The van der Waals surface area contributed by atoms with Crippen molar-refractivity contribution in [2.24, 2.45) is 29.6 Å². The van der Waals surface area contributed by atoms with Gasteiger partial charge in [0.1, 0.15) is 0 Å². The van der Waals surface area contributed by atoms with Crippen LogP contribution in [0.1, 0.15) is 81.8 Å². The molecule has 1 N–H and O–H groups in total. The van der Waals surface area contributed by atoms with E-state index in [1.807, 2.05) is 12.1 Å². The van der Waals surface area contributed by atoms with Gasteiger partial charge >= 0.3 is 5.97 Å². The van der Waals surface area contributed by atoms with Gasteiger partial charge in [-0.05, 0) is 67.1 Å². The quantitative estimate of drug-likeness (QED) is 0.459. The Bertz CT molecular complexity index is 716. The number of carboxylic acids is 1. The molecular weight excluding hydrogens is 370 g/mol. The lowest BCUT2D eigenvalue weighted by atomic mass is 9.72. The molecule has 2 fully saturated rings. The number of aryl methyl sites for hydroxylation is 1. The van der Waals surface area contributed by atoms with Crippen molar-refractivity contribution in [3.05, 3.63) is 48.0 Å². The van der Waals surface area contributed by atoms with Crippen LogP contribution in [-0.4, -0.2) is 11.1 Å². The third-order valence-electron chi connectivity index (χ3n) is 7.81. The molecule has 0 radical (unpaired) electrons. The molecule has 0 bridgehead atoms. The molecule has 1 aromatic carbocycles. The van der Waals surface area contributed by atoms with E-state index in [0.717, 1.165) is 42.6 Å². The van der Waals surface area contributed by atoms with E-state index >= 15 is 0 Å². The van der Waals surface area contributed by atoms with Crippen LogP contribution in [0.25, 0.3) is 0 Å². The minimum absolute atomic E-state index is 0.294. The van der Waals surface area contributed by atoms with Crippen LogP contribution in [0, 0.1) is 40.9 Å². The second kappa shape index (κ2) is 11.3. The first-order valence-corrected chi connectivity index (χ1v) is 11.9. The minimum Gasteiger partial charge on any atom is -0.481 e. The monoisotopic (exact) mass is 407 g/mol. The van der Waals surface area contributed by atoms with E-state index in [2.05, 4.69) is 24.8 Å². The smallest absolute Gasteiger partial charge is 0.310 e. The Morgan fingerprint density at radius 3 is 1.93 bits per heavy atom. The molecule has 162 valence electrons. The molecule has 2 aliphatic rings. The maximum absolute atomic E-state index is 11.3. The molecule has 1 atom stereocenters. The molecule has 30 heavy (non-hydrogen) atoms. The van der Waals surface area contributed by atoms with Crippen molar-refractivity contribution in [1.29, 1.82) is 5.26 Å². The average molecular weight is 408 g/mol. The zero-order chi connectivity index (χ0) is 21.3. The molecule has 3 nitrogen and oxygen atoms in total. The van der Waals surface area contributed by atoms with Crippen LogP contribution < -0.4 is 0 Å². The second-order valence-corrected chi connectivity index (χ2v) is 9.69. The van der Waals surface area contributed by atoms with Crippen LogP contribution in [0.4, 0.5) is 0 Å². The van der Waals surface area contributed by atoms with Gasteiger partial charge in [-0.15, -0.1) is 6.58 Å². The number of benzene rings is 1. The molecule has 1 aromatic rings. The van der Waals surface area contributed by atoms with Gasteiger partial charge < -0.3 is 5.11 Å². The normalized spacial score (nSPS) is 27.7. The molecule has 0 aliphatic heterocycles. The van der Waals surface area contributed by atoms with Crippen molar-refractivity contribution in [2.45, 2.75) is 77.0 Å². The predicted octanol–water partition coefficient (Wildman–Crippen LogP) is 6.77. The highest BCUT2D eigenvalue weighted by atomic mass is 16.4. The summed E-state index contributed by atoms with van der Waals surface area (Å²) in [5.74, 6) is 1.79. The van der Waals surface area contributed by atoms with Gasteiger partial charge in [0.2, 0.25) is 0 Å². The molecule has 1 unspecified atom stereocenters. The first-order valence-electron chi connectivity index (χ1n) is 11.9. The molecule has 3 heteroatoms. The Morgan fingerprint density at radius 1 is 0.967 bits per heavy atom. The molecule has 0 heterocycles. The minimum atomic E-state index is -0.704. The Balaban J connectivity index is 1.30. The fourth-order valence-electron chi connectivity index (χ4n) is 5.73. The summed E-state index contributed by atoms with van der Waals surface area (Å²) >= 11 is 0. The number of carboxylic acid groups (broad SMARTS) is 1. The van der Waals surface area contributed by atoms with Crippen LogP contribution in [0.15, 0.2) is 36.9 Å². The molecule has 0 saturated heterocycles. The van der Waals surface area contributed by atoms with Gasteiger partial charge in [0, 0.05) is 0 Å². The second-order valence-electron chi connectivity index (χ2n) is 9.69. The van der Waals surface area contributed by atoms with Crippen LogP contribution in [0.5, 0.6) is 0 Å². The summed E-state index contributed by atoms with van der Waals surface area (Å²) in [6.07, 6.45) is 16.7. The average Bonchev–Trinajstić information content (AvgIpc) is 2.78. The van der Waals surface area contributed by atoms with Crippen molar-refractivity contribution in [3.63, 3.8) is 0 Å². The van der Waals surface area contributed by atoms with Gasteiger partial charge in [-0.2, -0.15) is 5.26 Å². The maximum atomic E-state index is 11.3. The molecule has 0 amide bonds. The van der Waals surface area contributed by atoms with Gasteiger partial charge in [0.25, 0.3) is 0 Å². The van der Waals surface area contributed by atoms with E-state index in [1.165, 1.54) is 63.4 Å². The Kier molecular flexibility index (Phi) is 8.55. The lowest BCUT2D eigenvalue weighted by Crippen LogP contribution is -2.26. The predicted molar refractivity (Wildman–Crippen MR) is 121 cm³/mol. The van der Waals surface area contributed by atoms with Crippen LogP contribution in [0.3, 0.4) is 0 Å². The molecule has 3 rings (SSSR count). The van der Waals surface area contributed by atoms with Gasteiger partial charge in [-0.1, -0.05) is 69.6 Å². The highest BCUT2D eigenvalue weighted by Crippen LogP contribution is 2.39. The summed E-state index contributed by atoms with van der Waals surface area (Å²) in [6, 6.07) is 10.3. The third kappa shape index (κ3) is 6.46. The fraction of sp³-hybridized carbons (Fsp3) is 0.630. The number of carbonyl (C=O) groups is 1. The number of nitriles is 1. The number of hydrogen-bond donors (Lipinski definition) is 1. The van der Waals surface area contributed by atoms with Gasteiger partial charge in [0.05, 0.1) is 17.6 Å². The lowest BCUT2D eigenvalue weighted by molar-refractivity contribution is -0.142.